The first-order chi connectivity index (χ1) is 9.63. The third-order valence-corrected chi connectivity index (χ3v) is 4.06. The molecular formula is C13H24N4O3. The van der Waals surface area contributed by atoms with Crippen molar-refractivity contribution < 1.29 is 14.3 Å². The molecule has 0 spiro atoms. The number of urea groups is 1. The molecule has 0 bridgehead atoms. The average Bonchev–Trinajstić information content (AvgIpc) is 2.90. The van der Waals surface area contributed by atoms with E-state index in [2.05, 4.69) is 5.32 Å². The van der Waals surface area contributed by atoms with Crippen molar-refractivity contribution in [2.24, 2.45) is 5.73 Å². The molecule has 0 aromatic carbocycles. The maximum absolute atomic E-state index is 12.1. The summed E-state index contributed by atoms with van der Waals surface area (Å²) in [5.41, 5.74) is 5.87. The van der Waals surface area contributed by atoms with Gasteiger partial charge < -0.3 is 25.6 Å². The van der Waals surface area contributed by atoms with E-state index in [1.54, 1.807) is 7.11 Å². The van der Waals surface area contributed by atoms with Gasteiger partial charge in [-0.25, -0.2) is 4.79 Å². The Balaban J connectivity index is 1.78. The van der Waals surface area contributed by atoms with Gasteiger partial charge in [0, 0.05) is 45.9 Å². The van der Waals surface area contributed by atoms with Crippen molar-refractivity contribution in [2.45, 2.75) is 31.3 Å². The summed E-state index contributed by atoms with van der Waals surface area (Å²) in [7, 11) is 1.60. The first-order valence-corrected chi connectivity index (χ1v) is 7.21. The summed E-state index contributed by atoms with van der Waals surface area (Å²) in [4.78, 5) is 27.5. The van der Waals surface area contributed by atoms with Gasteiger partial charge in [0.15, 0.2) is 0 Å². The molecule has 2 heterocycles. The molecular weight excluding hydrogens is 260 g/mol. The fourth-order valence-corrected chi connectivity index (χ4v) is 2.84. The fraction of sp³-hybridized carbons (Fsp3) is 0.846. The Bertz CT molecular complexity index is 356. The molecule has 0 aromatic heterocycles. The van der Waals surface area contributed by atoms with Gasteiger partial charge in [-0.1, -0.05) is 0 Å². The van der Waals surface area contributed by atoms with Crippen molar-refractivity contribution >= 4 is 11.9 Å². The van der Waals surface area contributed by atoms with E-state index in [4.69, 9.17) is 10.5 Å². The number of hydrogen-bond donors (Lipinski definition) is 2. The summed E-state index contributed by atoms with van der Waals surface area (Å²) >= 11 is 0. The molecule has 2 aliphatic heterocycles. The van der Waals surface area contributed by atoms with Gasteiger partial charge >= 0.3 is 6.03 Å². The molecule has 0 saturated carbocycles. The number of amides is 3. The molecule has 2 aliphatic rings. The number of rotatable bonds is 5. The molecule has 0 aromatic rings. The molecule has 20 heavy (non-hydrogen) atoms. The first-order valence-electron chi connectivity index (χ1n) is 7.21. The minimum absolute atomic E-state index is 0.00799. The highest BCUT2D eigenvalue weighted by Crippen LogP contribution is 2.18. The third kappa shape index (κ3) is 3.40. The van der Waals surface area contributed by atoms with E-state index < -0.39 is 6.04 Å². The Morgan fingerprint density at radius 3 is 2.70 bits per heavy atom. The van der Waals surface area contributed by atoms with E-state index in [9.17, 15) is 9.59 Å². The van der Waals surface area contributed by atoms with Gasteiger partial charge in [0.25, 0.3) is 0 Å². The van der Waals surface area contributed by atoms with Crippen LogP contribution in [0.25, 0.3) is 0 Å². The number of nitrogens with zero attached hydrogens (tertiary/aromatic N) is 2. The number of likely N-dealkylation sites (tertiary alicyclic amines) is 1. The highest BCUT2D eigenvalue weighted by atomic mass is 16.5. The number of carbonyl (C=O) groups excluding carboxylic acids is 2. The van der Waals surface area contributed by atoms with Crippen LogP contribution in [0, 0.1) is 0 Å². The molecule has 1 unspecified atom stereocenters. The number of ether oxygens (including phenoxy) is 1. The lowest BCUT2D eigenvalue weighted by Gasteiger charge is -2.37. The van der Waals surface area contributed by atoms with Gasteiger partial charge in [0.2, 0.25) is 5.91 Å². The predicted octanol–water partition coefficient (Wildman–Crippen LogP) is -0.634. The Kier molecular flexibility index (Phi) is 5.19. The summed E-state index contributed by atoms with van der Waals surface area (Å²) in [5, 5.41) is 2.81. The van der Waals surface area contributed by atoms with Crippen molar-refractivity contribution in [3.63, 3.8) is 0 Å². The standard InChI is InChI=1S/C13H24N4O3/c1-20-9-4-11(14)12(18)16-6-2-10(3-7-16)17-8-5-15-13(17)19/h10-11H,2-9,14H2,1H3,(H,15,19). The summed E-state index contributed by atoms with van der Waals surface area (Å²) in [5.74, 6) is -0.00799. The Hall–Kier alpha value is -1.34. The lowest BCUT2D eigenvalue weighted by Crippen LogP contribution is -2.51. The molecule has 0 aliphatic carbocycles. The van der Waals surface area contributed by atoms with E-state index >= 15 is 0 Å². The second-order valence-electron chi connectivity index (χ2n) is 5.37. The van der Waals surface area contributed by atoms with Gasteiger partial charge in [-0.15, -0.1) is 0 Å². The zero-order valence-electron chi connectivity index (χ0n) is 12.0. The van der Waals surface area contributed by atoms with Gasteiger partial charge in [-0.05, 0) is 19.3 Å². The van der Waals surface area contributed by atoms with E-state index in [1.165, 1.54) is 0 Å². The Morgan fingerprint density at radius 1 is 1.45 bits per heavy atom. The van der Waals surface area contributed by atoms with Crippen molar-refractivity contribution in [1.29, 1.82) is 0 Å². The second-order valence-corrected chi connectivity index (χ2v) is 5.37. The predicted molar refractivity (Wildman–Crippen MR) is 74.2 cm³/mol. The molecule has 2 rings (SSSR count). The minimum Gasteiger partial charge on any atom is -0.385 e. The van der Waals surface area contributed by atoms with Crippen LogP contribution in [0.3, 0.4) is 0 Å². The van der Waals surface area contributed by atoms with Crippen LogP contribution in [0.4, 0.5) is 4.79 Å². The van der Waals surface area contributed by atoms with Crippen LogP contribution in [0.15, 0.2) is 0 Å². The minimum atomic E-state index is -0.485. The molecule has 7 nitrogen and oxygen atoms in total. The number of nitrogens with two attached hydrogens (primary N) is 1. The van der Waals surface area contributed by atoms with Crippen LogP contribution < -0.4 is 11.1 Å². The summed E-state index contributed by atoms with van der Waals surface area (Å²) in [6.45, 7) is 3.34. The maximum atomic E-state index is 12.1. The molecule has 7 heteroatoms. The van der Waals surface area contributed by atoms with Crippen molar-refractivity contribution in [2.75, 3.05) is 39.9 Å². The number of nitrogens with one attached hydrogen (secondary N) is 1. The fourth-order valence-electron chi connectivity index (χ4n) is 2.84. The number of carbonyl (C=O) groups is 2. The Labute approximate surface area is 119 Å². The van der Waals surface area contributed by atoms with Crippen molar-refractivity contribution in [3.8, 4) is 0 Å². The number of hydrogen-bond acceptors (Lipinski definition) is 4. The van der Waals surface area contributed by atoms with E-state index in [0.717, 1.165) is 25.9 Å². The summed E-state index contributed by atoms with van der Waals surface area (Å²) < 4.78 is 4.94. The monoisotopic (exact) mass is 284 g/mol. The normalized spacial score (nSPS) is 22.0. The SMILES string of the molecule is COCCC(N)C(=O)N1CCC(N2CCNC2=O)CC1. The number of piperidine rings is 1. The zero-order valence-corrected chi connectivity index (χ0v) is 12.0. The molecule has 3 amide bonds. The molecule has 2 saturated heterocycles. The van der Waals surface area contributed by atoms with E-state index in [0.29, 0.717) is 26.1 Å². The summed E-state index contributed by atoms with van der Waals surface area (Å²) in [6.07, 6.45) is 2.20. The van der Waals surface area contributed by atoms with Crippen LogP contribution in [0.2, 0.25) is 0 Å². The van der Waals surface area contributed by atoms with Crippen LogP contribution in [-0.4, -0.2) is 73.7 Å². The molecule has 3 N–H and O–H groups in total. The van der Waals surface area contributed by atoms with Crippen LogP contribution in [-0.2, 0) is 9.53 Å². The smallest absolute Gasteiger partial charge is 0.317 e. The van der Waals surface area contributed by atoms with Crippen molar-refractivity contribution in [3.05, 3.63) is 0 Å². The topological polar surface area (TPSA) is 87.9 Å². The zero-order chi connectivity index (χ0) is 14.5. The molecule has 1 atom stereocenters. The average molecular weight is 284 g/mol. The van der Waals surface area contributed by atoms with Crippen molar-refractivity contribution in [1.82, 2.24) is 15.1 Å². The third-order valence-electron chi connectivity index (χ3n) is 4.06. The van der Waals surface area contributed by atoms with Gasteiger partial charge in [-0.3, -0.25) is 4.79 Å². The maximum Gasteiger partial charge on any atom is 0.317 e. The lowest BCUT2D eigenvalue weighted by molar-refractivity contribution is -0.134. The van der Waals surface area contributed by atoms with Crippen LogP contribution >= 0.6 is 0 Å². The molecule has 114 valence electrons. The highest BCUT2D eigenvalue weighted by Gasteiger charge is 2.32. The highest BCUT2D eigenvalue weighted by molar-refractivity contribution is 5.81. The molecule has 2 fully saturated rings. The first kappa shape index (κ1) is 15.1. The van der Waals surface area contributed by atoms with E-state index in [-0.39, 0.29) is 18.0 Å². The van der Waals surface area contributed by atoms with E-state index in [1.807, 2.05) is 9.80 Å². The molecule has 0 radical (unpaired) electrons. The quantitative estimate of drug-likeness (QED) is 0.703. The van der Waals surface area contributed by atoms with Gasteiger partial charge in [0.1, 0.15) is 0 Å². The largest absolute Gasteiger partial charge is 0.385 e. The second kappa shape index (κ2) is 6.90. The lowest BCUT2D eigenvalue weighted by atomic mass is 10.0. The Morgan fingerprint density at radius 2 is 2.15 bits per heavy atom. The van der Waals surface area contributed by atoms with Crippen LogP contribution in [0.1, 0.15) is 19.3 Å². The van der Waals surface area contributed by atoms with Crippen LogP contribution in [0.5, 0.6) is 0 Å². The van der Waals surface area contributed by atoms with Gasteiger partial charge in [-0.2, -0.15) is 0 Å². The number of methoxy groups -OCH3 is 1. The van der Waals surface area contributed by atoms with Gasteiger partial charge in [0.05, 0.1) is 6.04 Å². The summed E-state index contributed by atoms with van der Waals surface area (Å²) in [6, 6.07) is -0.218.